The molecule has 2 N–H and O–H groups in total. The fraction of sp³-hybridized carbons (Fsp3) is 0.769. The first kappa shape index (κ1) is 14.4. The number of imide groups is 1. The highest BCUT2D eigenvalue weighted by Crippen LogP contribution is 2.25. The topological polar surface area (TPSA) is 94.3 Å². The Labute approximate surface area is 122 Å². The minimum atomic E-state index is -0.274. The van der Waals surface area contributed by atoms with E-state index in [9.17, 15) is 14.4 Å². The lowest BCUT2D eigenvalue weighted by Gasteiger charge is -2.39. The summed E-state index contributed by atoms with van der Waals surface area (Å²) in [6.45, 7) is 5.40. The molecule has 3 unspecified atom stereocenters. The van der Waals surface area contributed by atoms with E-state index < -0.39 is 0 Å². The lowest BCUT2D eigenvalue weighted by Crippen LogP contribution is -2.59. The first-order valence-corrected chi connectivity index (χ1v) is 7.19. The van der Waals surface area contributed by atoms with Crippen molar-refractivity contribution in [2.24, 2.45) is 0 Å². The Morgan fingerprint density at radius 1 is 1.00 bits per heavy atom. The van der Waals surface area contributed by atoms with Crippen LogP contribution in [-0.2, 0) is 19.1 Å². The Balaban J connectivity index is 1.65. The molecule has 0 aliphatic carbocycles. The lowest BCUT2D eigenvalue weighted by molar-refractivity contribution is -0.138. The number of fused-ring (bicyclic) bond motifs is 1. The maximum Gasteiger partial charge on any atom is 0.240 e. The van der Waals surface area contributed by atoms with Crippen LogP contribution in [0, 0.1) is 0 Å². The Morgan fingerprint density at radius 3 is 2.24 bits per heavy atom. The van der Waals surface area contributed by atoms with E-state index in [0.717, 1.165) is 0 Å². The fourth-order valence-corrected chi connectivity index (χ4v) is 2.96. The number of rotatable bonds is 3. The minimum absolute atomic E-state index is 0.0110. The van der Waals surface area contributed by atoms with Crippen LogP contribution in [0.25, 0.3) is 0 Å². The van der Waals surface area contributed by atoms with Gasteiger partial charge in [-0.25, -0.2) is 0 Å². The van der Waals surface area contributed by atoms with Crippen LogP contribution in [0.4, 0.5) is 0 Å². The van der Waals surface area contributed by atoms with E-state index in [-0.39, 0.29) is 55.2 Å². The second kappa shape index (κ2) is 5.36. The molecule has 8 nitrogen and oxygen atoms in total. The molecule has 0 radical (unpaired) electrons. The summed E-state index contributed by atoms with van der Waals surface area (Å²) in [6, 6.07) is 0.0282. The van der Waals surface area contributed by atoms with E-state index in [2.05, 4.69) is 15.5 Å². The smallest absolute Gasteiger partial charge is 0.240 e. The average molecular weight is 296 g/mol. The van der Waals surface area contributed by atoms with Gasteiger partial charge in [-0.1, -0.05) is 0 Å². The number of piperazine rings is 1. The highest BCUT2D eigenvalue weighted by atomic mass is 16.6. The molecule has 116 valence electrons. The van der Waals surface area contributed by atoms with Gasteiger partial charge in [-0.05, 0) is 13.8 Å². The van der Waals surface area contributed by atoms with Gasteiger partial charge in [0.25, 0.3) is 0 Å². The Kier molecular flexibility index (Phi) is 3.68. The van der Waals surface area contributed by atoms with Crippen LogP contribution in [0.2, 0.25) is 0 Å². The van der Waals surface area contributed by atoms with Crippen molar-refractivity contribution in [1.82, 2.24) is 20.4 Å². The molecular weight excluding hydrogens is 276 g/mol. The Bertz CT molecular complexity index is 467. The van der Waals surface area contributed by atoms with Gasteiger partial charge in [-0.2, -0.15) is 0 Å². The van der Waals surface area contributed by atoms with E-state index >= 15 is 0 Å². The molecule has 3 aliphatic heterocycles. The molecule has 3 fully saturated rings. The molecule has 3 aliphatic rings. The van der Waals surface area contributed by atoms with Crippen LogP contribution in [0.15, 0.2) is 0 Å². The van der Waals surface area contributed by atoms with E-state index in [4.69, 9.17) is 4.74 Å². The molecule has 3 saturated heterocycles. The van der Waals surface area contributed by atoms with Crippen LogP contribution >= 0.6 is 0 Å². The summed E-state index contributed by atoms with van der Waals surface area (Å²) in [4.78, 5) is 38.6. The largest absolute Gasteiger partial charge is 0.346 e. The third kappa shape index (κ3) is 3.07. The van der Waals surface area contributed by atoms with Crippen LogP contribution < -0.4 is 10.6 Å². The van der Waals surface area contributed by atoms with Gasteiger partial charge in [0, 0.05) is 18.6 Å². The third-order valence-electron chi connectivity index (χ3n) is 4.47. The molecule has 21 heavy (non-hydrogen) atoms. The van der Waals surface area contributed by atoms with Crippen molar-refractivity contribution in [2.75, 3.05) is 26.2 Å². The molecule has 0 aromatic rings. The SMILES string of the molecule is CC(C(C)N1CC(=O)N[C@@H]2OC2C1)N1CC(=O)NC(=O)C1. The number of nitrogens with zero attached hydrogens (tertiary/aromatic N) is 2. The zero-order valence-electron chi connectivity index (χ0n) is 12.2. The number of hydrogen-bond acceptors (Lipinski definition) is 6. The number of carbonyl (C=O) groups is 3. The summed E-state index contributed by atoms with van der Waals surface area (Å²) in [5, 5.41) is 5.09. The standard InChI is InChI=1S/C13H20N4O4/c1-7(8(2)17-4-10(18)14-11(19)5-17)16-3-9-13(21-9)15-12(20)6-16/h7-9,13H,3-6H2,1-2H3,(H,15,20)(H,14,18,19)/t7?,8?,9?,13-/m1/s1. The van der Waals surface area contributed by atoms with Gasteiger partial charge in [-0.15, -0.1) is 0 Å². The van der Waals surface area contributed by atoms with E-state index in [1.54, 1.807) is 0 Å². The third-order valence-corrected chi connectivity index (χ3v) is 4.47. The van der Waals surface area contributed by atoms with E-state index in [1.165, 1.54) is 0 Å². The number of ether oxygens (including phenoxy) is 1. The average Bonchev–Trinajstić information content (AvgIpc) is 3.13. The van der Waals surface area contributed by atoms with Gasteiger partial charge >= 0.3 is 0 Å². The van der Waals surface area contributed by atoms with Crippen molar-refractivity contribution in [3.8, 4) is 0 Å². The lowest BCUT2D eigenvalue weighted by atomic mass is 10.1. The molecular formula is C13H20N4O4. The molecule has 0 spiro atoms. The van der Waals surface area contributed by atoms with Crippen molar-refractivity contribution in [3.05, 3.63) is 0 Å². The molecule has 0 saturated carbocycles. The van der Waals surface area contributed by atoms with Gasteiger partial charge in [0.05, 0.1) is 19.6 Å². The maximum absolute atomic E-state index is 11.8. The summed E-state index contributed by atoms with van der Waals surface area (Å²) in [5.41, 5.74) is 0. The second-order valence-electron chi connectivity index (χ2n) is 5.95. The Hall–Kier alpha value is -1.51. The normalized spacial score (nSPS) is 33.5. The highest BCUT2D eigenvalue weighted by Gasteiger charge is 2.45. The predicted octanol–water partition coefficient (Wildman–Crippen LogP) is -2.12. The molecule has 8 heteroatoms. The van der Waals surface area contributed by atoms with Crippen molar-refractivity contribution in [3.63, 3.8) is 0 Å². The van der Waals surface area contributed by atoms with Crippen molar-refractivity contribution >= 4 is 17.7 Å². The molecule has 3 amide bonds. The molecule has 3 rings (SSSR count). The Morgan fingerprint density at radius 2 is 1.57 bits per heavy atom. The zero-order chi connectivity index (χ0) is 15.1. The first-order chi connectivity index (χ1) is 9.94. The molecule has 3 heterocycles. The van der Waals surface area contributed by atoms with E-state index in [0.29, 0.717) is 13.1 Å². The molecule has 0 aromatic heterocycles. The first-order valence-electron chi connectivity index (χ1n) is 7.19. The molecule has 0 aromatic carbocycles. The van der Waals surface area contributed by atoms with Gasteiger partial charge < -0.3 is 10.1 Å². The minimum Gasteiger partial charge on any atom is -0.346 e. The fourth-order valence-electron chi connectivity index (χ4n) is 2.96. The van der Waals surface area contributed by atoms with Crippen LogP contribution in [0.3, 0.4) is 0 Å². The molecule has 4 atom stereocenters. The van der Waals surface area contributed by atoms with Crippen LogP contribution in [0.1, 0.15) is 13.8 Å². The van der Waals surface area contributed by atoms with Gasteiger partial charge in [-0.3, -0.25) is 29.5 Å². The number of carbonyl (C=O) groups excluding carboxylic acids is 3. The predicted molar refractivity (Wildman–Crippen MR) is 72.0 cm³/mol. The quantitative estimate of drug-likeness (QED) is 0.457. The summed E-state index contributed by atoms with van der Waals surface area (Å²) in [6.07, 6.45) is -0.0928. The van der Waals surface area contributed by atoms with E-state index in [1.807, 2.05) is 18.7 Å². The van der Waals surface area contributed by atoms with Gasteiger partial charge in [0.15, 0.2) is 6.23 Å². The summed E-state index contributed by atoms with van der Waals surface area (Å²) >= 11 is 0. The second-order valence-corrected chi connectivity index (χ2v) is 5.95. The van der Waals surface area contributed by atoms with Crippen molar-refractivity contribution in [2.45, 2.75) is 38.3 Å². The van der Waals surface area contributed by atoms with Crippen LogP contribution in [0.5, 0.6) is 0 Å². The summed E-state index contributed by atoms with van der Waals surface area (Å²) in [5.74, 6) is -0.597. The number of nitrogens with one attached hydrogen (secondary N) is 2. The van der Waals surface area contributed by atoms with Crippen molar-refractivity contribution in [1.29, 1.82) is 0 Å². The van der Waals surface area contributed by atoms with Gasteiger partial charge in [0.2, 0.25) is 17.7 Å². The molecule has 0 bridgehead atoms. The monoisotopic (exact) mass is 296 g/mol. The maximum atomic E-state index is 11.8. The summed E-state index contributed by atoms with van der Waals surface area (Å²) in [7, 11) is 0. The number of amides is 3. The van der Waals surface area contributed by atoms with Gasteiger partial charge in [0.1, 0.15) is 6.10 Å². The zero-order valence-corrected chi connectivity index (χ0v) is 12.2. The number of hydrogen-bond donors (Lipinski definition) is 2. The van der Waals surface area contributed by atoms with Crippen molar-refractivity contribution < 1.29 is 19.1 Å². The highest BCUT2D eigenvalue weighted by molar-refractivity contribution is 5.99. The van der Waals surface area contributed by atoms with Crippen LogP contribution in [-0.4, -0.2) is 78.1 Å². The number of epoxide rings is 1. The summed E-state index contributed by atoms with van der Waals surface area (Å²) < 4.78 is 5.36.